The van der Waals surface area contributed by atoms with Crippen molar-refractivity contribution in [2.45, 2.75) is 25.3 Å². The molecule has 5 rings (SSSR count). The first-order chi connectivity index (χ1) is 19.4. The first-order valence-corrected chi connectivity index (χ1v) is 13.5. The Morgan fingerprint density at radius 1 is 1.23 bits per heavy atom. The summed E-state index contributed by atoms with van der Waals surface area (Å²) in [4.78, 5) is 28.2. The SMILES string of the molecule is COc1cc2c(Nc3ncc(CC(=O)Nc4cccc(F)c4F)s3)ncnc2cc1OCCN1CCC[C@H]1CO. The molecule has 3 N–H and O–H groups in total. The van der Waals surface area contributed by atoms with Gasteiger partial charge in [0.05, 0.1) is 31.3 Å². The van der Waals surface area contributed by atoms with E-state index in [0.717, 1.165) is 25.5 Å². The fourth-order valence-electron chi connectivity index (χ4n) is 4.61. The van der Waals surface area contributed by atoms with E-state index in [1.165, 1.54) is 36.0 Å². The van der Waals surface area contributed by atoms with E-state index in [0.29, 0.717) is 51.4 Å². The molecule has 0 saturated carbocycles. The van der Waals surface area contributed by atoms with Gasteiger partial charge in [0, 0.05) is 35.1 Å². The number of thiazole rings is 1. The first kappa shape index (κ1) is 27.6. The fourth-order valence-corrected chi connectivity index (χ4v) is 5.42. The molecule has 210 valence electrons. The summed E-state index contributed by atoms with van der Waals surface area (Å²) in [5.41, 5.74) is 0.416. The standard InChI is InChI=1S/C27H28F2N6O4S/c1-38-22-11-18-21(12-23(22)39-9-8-35-7-3-4-16(35)14-36)31-15-32-26(18)34-27-30-13-17(40-27)10-24(37)33-20-6-2-5-19(28)25(20)29/h2,5-6,11-13,15-16,36H,3-4,7-10,14H2,1H3,(H,33,37)(H,30,31,32,34)/t16-/m0/s1. The van der Waals surface area contributed by atoms with Crippen LogP contribution in [0.1, 0.15) is 17.7 Å². The Labute approximate surface area is 233 Å². The number of halogens is 2. The maximum atomic E-state index is 13.9. The number of aromatic nitrogens is 3. The number of fused-ring (bicyclic) bond motifs is 1. The van der Waals surface area contributed by atoms with E-state index in [2.05, 4.69) is 30.5 Å². The van der Waals surface area contributed by atoms with E-state index < -0.39 is 17.5 Å². The molecule has 1 saturated heterocycles. The number of aliphatic hydroxyl groups excluding tert-OH is 1. The molecule has 0 unspecified atom stereocenters. The van der Waals surface area contributed by atoms with E-state index in [1.807, 2.05) is 0 Å². The topological polar surface area (TPSA) is 122 Å². The van der Waals surface area contributed by atoms with Crippen LogP contribution in [0.5, 0.6) is 11.5 Å². The van der Waals surface area contributed by atoms with E-state index in [4.69, 9.17) is 9.47 Å². The van der Waals surface area contributed by atoms with Crippen molar-refractivity contribution in [3.05, 3.63) is 59.4 Å². The Balaban J connectivity index is 1.25. The van der Waals surface area contributed by atoms with Gasteiger partial charge in [-0.05, 0) is 37.6 Å². The lowest BCUT2D eigenvalue weighted by Crippen LogP contribution is -2.35. The van der Waals surface area contributed by atoms with Crippen LogP contribution in [-0.4, -0.2) is 70.3 Å². The Morgan fingerprint density at radius 2 is 2.10 bits per heavy atom. The molecule has 3 heterocycles. The second kappa shape index (κ2) is 12.5. The van der Waals surface area contributed by atoms with Crippen LogP contribution in [0.25, 0.3) is 10.9 Å². The maximum Gasteiger partial charge on any atom is 0.229 e. The average molecular weight is 571 g/mol. The van der Waals surface area contributed by atoms with Gasteiger partial charge >= 0.3 is 0 Å². The van der Waals surface area contributed by atoms with Crippen molar-refractivity contribution in [2.75, 3.05) is 44.0 Å². The highest BCUT2D eigenvalue weighted by Crippen LogP contribution is 2.35. The van der Waals surface area contributed by atoms with Gasteiger partial charge in [-0.15, -0.1) is 11.3 Å². The molecule has 10 nitrogen and oxygen atoms in total. The van der Waals surface area contributed by atoms with Crippen LogP contribution in [-0.2, 0) is 11.2 Å². The number of amides is 1. The fraction of sp³-hybridized carbons (Fsp3) is 0.333. The minimum Gasteiger partial charge on any atom is -0.493 e. The summed E-state index contributed by atoms with van der Waals surface area (Å²) in [6.45, 7) is 2.23. The normalized spacial score (nSPS) is 15.3. The third-order valence-electron chi connectivity index (χ3n) is 6.61. The van der Waals surface area contributed by atoms with Gasteiger partial charge in [-0.3, -0.25) is 9.69 Å². The number of ether oxygens (including phenoxy) is 2. The Morgan fingerprint density at radius 3 is 2.92 bits per heavy atom. The summed E-state index contributed by atoms with van der Waals surface area (Å²) in [5.74, 6) is -1.08. The maximum absolute atomic E-state index is 13.9. The monoisotopic (exact) mass is 570 g/mol. The molecule has 0 radical (unpaired) electrons. The number of likely N-dealkylation sites (tertiary alicyclic amines) is 1. The molecular formula is C27H28F2N6O4S. The lowest BCUT2D eigenvalue weighted by Gasteiger charge is -2.22. The third-order valence-corrected chi connectivity index (χ3v) is 7.52. The number of nitrogens with zero attached hydrogens (tertiary/aromatic N) is 4. The van der Waals surface area contributed by atoms with Gasteiger partial charge in [-0.2, -0.15) is 0 Å². The summed E-state index contributed by atoms with van der Waals surface area (Å²) in [5, 5.41) is 16.2. The van der Waals surface area contributed by atoms with Crippen molar-refractivity contribution in [2.24, 2.45) is 0 Å². The highest BCUT2D eigenvalue weighted by Gasteiger charge is 2.23. The number of anilines is 3. The third kappa shape index (κ3) is 6.27. The number of carbonyl (C=O) groups is 1. The second-order valence-corrected chi connectivity index (χ2v) is 10.3. The van der Waals surface area contributed by atoms with Crippen LogP contribution >= 0.6 is 11.3 Å². The van der Waals surface area contributed by atoms with Crippen LogP contribution in [0, 0.1) is 11.6 Å². The minimum atomic E-state index is -1.11. The van der Waals surface area contributed by atoms with Crippen LogP contribution in [0.15, 0.2) is 42.9 Å². The Kier molecular flexibility index (Phi) is 8.63. The van der Waals surface area contributed by atoms with Gasteiger partial charge in [0.2, 0.25) is 5.91 Å². The number of methoxy groups -OCH3 is 1. The number of hydrogen-bond donors (Lipinski definition) is 3. The van der Waals surface area contributed by atoms with Crippen LogP contribution in [0.4, 0.5) is 25.4 Å². The smallest absolute Gasteiger partial charge is 0.229 e. The second-order valence-electron chi connectivity index (χ2n) is 9.19. The Bertz CT molecular complexity index is 1500. The summed E-state index contributed by atoms with van der Waals surface area (Å²) in [7, 11) is 1.56. The molecule has 2 aromatic carbocycles. The highest BCUT2D eigenvalue weighted by molar-refractivity contribution is 7.15. The van der Waals surface area contributed by atoms with Gasteiger partial charge in [0.25, 0.3) is 0 Å². The lowest BCUT2D eigenvalue weighted by molar-refractivity contribution is -0.115. The van der Waals surface area contributed by atoms with Crippen molar-refractivity contribution in [3.8, 4) is 11.5 Å². The summed E-state index contributed by atoms with van der Waals surface area (Å²) in [6, 6.07) is 7.35. The molecule has 2 aromatic heterocycles. The first-order valence-electron chi connectivity index (χ1n) is 12.7. The van der Waals surface area contributed by atoms with Gasteiger partial charge < -0.3 is 25.2 Å². The van der Waals surface area contributed by atoms with Crippen molar-refractivity contribution >= 4 is 44.8 Å². The van der Waals surface area contributed by atoms with Gasteiger partial charge in [-0.1, -0.05) is 6.07 Å². The zero-order valence-electron chi connectivity index (χ0n) is 21.7. The minimum absolute atomic E-state index is 0.0647. The zero-order chi connectivity index (χ0) is 28.1. The zero-order valence-corrected chi connectivity index (χ0v) is 22.5. The van der Waals surface area contributed by atoms with Crippen LogP contribution in [0.2, 0.25) is 0 Å². The molecule has 13 heteroatoms. The molecule has 0 aliphatic carbocycles. The van der Waals surface area contributed by atoms with E-state index in [-0.39, 0.29) is 24.8 Å². The summed E-state index contributed by atoms with van der Waals surface area (Å²) < 4.78 is 38.9. The van der Waals surface area contributed by atoms with Gasteiger partial charge in [-0.25, -0.2) is 23.7 Å². The molecule has 40 heavy (non-hydrogen) atoms. The molecule has 0 spiro atoms. The predicted molar refractivity (Wildman–Crippen MR) is 147 cm³/mol. The predicted octanol–water partition coefficient (Wildman–Crippen LogP) is 4.13. The van der Waals surface area contributed by atoms with Crippen LogP contribution < -0.4 is 20.1 Å². The number of benzene rings is 2. The molecular weight excluding hydrogens is 542 g/mol. The van der Waals surface area contributed by atoms with Crippen molar-refractivity contribution < 1.29 is 28.2 Å². The lowest BCUT2D eigenvalue weighted by atomic mass is 10.2. The molecule has 4 aromatic rings. The molecule has 1 aliphatic heterocycles. The highest BCUT2D eigenvalue weighted by atomic mass is 32.1. The van der Waals surface area contributed by atoms with Gasteiger partial charge in [0.15, 0.2) is 28.3 Å². The summed E-state index contributed by atoms with van der Waals surface area (Å²) in [6.07, 6.45) is 4.95. The summed E-state index contributed by atoms with van der Waals surface area (Å²) >= 11 is 1.23. The number of carbonyl (C=O) groups excluding carboxylic acids is 1. The molecule has 0 bridgehead atoms. The van der Waals surface area contributed by atoms with Crippen molar-refractivity contribution in [3.63, 3.8) is 0 Å². The molecule has 1 amide bonds. The average Bonchev–Trinajstić information content (AvgIpc) is 3.60. The van der Waals surface area contributed by atoms with E-state index >= 15 is 0 Å². The van der Waals surface area contributed by atoms with Crippen molar-refractivity contribution in [1.82, 2.24) is 19.9 Å². The van der Waals surface area contributed by atoms with Crippen molar-refractivity contribution in [1.29, 1.82) is 0 Å². The molecule has 1 fully saturated rings. The Hall–Kier alpha value is -3.94. The van der Waals surface area contributed by atoms with Crippen LogP contribution in [0.3, 0.4) is 0 Å². The van der Waals surface area contributed by atoms with E-state index in [1.54, 1.807) is 19.2 Å². The number of rotatable bonds is 11. The molecule has 1 atom stereocenters. The van der Waals surface area contributed by atoms with E-state index in [9.17, 15) is 18.7 Å². The number of hydrogen-bond acceptors (Lipinski definition) is 10. The number of nitrogens with one attached hydrogen (secondary N) is 2. The molecule has 1 aliphatic rings. The quantitative estimate of drug-likeness (QED) is 0.244. The largest absolute Gasteiger partial charge is 0.493 e. The number of aliphatic hydroxyl groups is 1. The van der Waals surface area contributed by atoms with Gasteiger partial charge in [0.1, 0.15) is 18.8 Å².